The molecule has 0 bridgehead atoms. The van der Waals surface area contributed by atoms with E-state index in [1.807, 2.05) is 24.3 Å². The van der Waals surface area contributed by atoms with Crippen molar-refractivity contribution in [2.75, 3.05) is 19.5 Å². The van der Waals surface area contributed by atoms with Gasteiger partial charge in [-0.05, 0) is 24.3 Å². The van der Waals surface area contributed by atoms with Gasteiger partial charge in [0.15, 0.2) is 23.7 Å². The zero-order chi connectivity index (χ0) is 16.9. The van der Waals surface area contributed by atoms with E-state index in [1.165, 1.54) is 14.2 Å². The van der Waals surface area contributed by atoms with Gasteiger partial charge in [-0.25, -0.2) is 9.78 Å². The molecular weight excluding hydrogens is 312 g/mol. The van der Waals surface area contributed by atoms with Gasteiger partial charge in [0.1, 0.15) is 5.52 Å². The molecule has 1 amide bonds. The van der Waals surface area contributed by atoms with Gasteiger partial charge in [-0.15, -0.1) is 0 Å². The molecule has 0 aliphatic rings. The highest BCUT2D eigenvalue weighted by molar-refractivity contribution is 5.85. The second kappa shape index (κ2) is 6.91. The first kappa shape index (κ1) is 15.7. The van der Waals surface area contributed by atoms with E-state index >= 15 is 0 Å². The lowest BCUT2D eigenvalue weighted by Gasteiger charge is -2.11. The number of hydrogen-bond acceptors (Lipinski definition) is 6. The summed E-state index contributed by atoms with van der Waals surface area (Å²) in [4.78, 5) is 15.6. The van der Waals surface area contributed by atoms with Gasteiger partial charge in [0.25, 0.3) is 0 Å². The molecule has 3 aromatic rings. The van der Waals surface area contributed by atoms with Crippen molar-refractivity contribution in [3.63, 3.8) is 0 Å². The molecule has 0 aliphatic heterocycles. The zero-order valence-electron chi connectivity index (χ0n) is 13.2. The number of carbonyl (C=O) groups is 1. The van der Waals surface area contributed by atoms with Gasteiger partial charge >= 0.3 is 6.09 Å². The Morgan fingerprint density at radius 3 is 2.75 bits per heavy atom. The molecule has 2 aromatic carbocycles. The largest absolute Gasteiger partial charge is 0.493 e. The highest BCUT2D eigenvalue weighted by Gasteiger charge is 2.11. The average molecular weight is 328 g/mol. The van der Waals surface area contributed by atoms with Gasteiger partial charge in [-0.3, -0.25) is 5.32 Å². The van der Waals surface area contributed by atoms with Crippen LogP contribution in [0.5, 0.6) is 11.5 Å². The lowest BCUT2D eigenvalue weighted by molar-refractivity contribution is 0.187. The van der Waals surface area contributed by atoms with E-state index in [-0.39, 0.29) is 6.61 Å². The number of amides is 1. The van der Waals surface area contributed by atoms with Crippen molar-refractivity contribution in [2.45, 2.75) is 6.61 Å². The molecule has 124 valence electrons. The van der Waals surface area contributed by atoms with E-state index in [9.17, 15) is 4.79 Å². The first-order valence-electron chi connectivity index (χ1n) is 7.20. The van der Waals surface area contributed by atoms with Crippen LogP contribution in [0.4, 0.5) is 10.5 Å². The van der Waals surface area contributed by atoms with E-state index in [1.54, 1.807) is 18.2 Å². The highest BCUT2D eigenvalue weighted by Crippen LogP contribution is 2.31. The van der Waals surface area contributed by atoms with Crippen LogP contribution in [0.3, 0.4) is 0 Å². The number of hydrogen-bond donors (Lipinski definition) is 1. The third kappa shape index (κ3) is 3.40. The first-order chi connectivity index (χ1) is 11.7. The lowest BCUT2D eigenvalue weighted by atomic mass is 10.3. The Morgan fingerprint density at radius 1 is 1.17 bits per heavy atom. The molecule has 7 nitrogen and oxygen atoms in total. The average Bonchev–Trinajstić information content (AvgIpc) is 3.03. The van der Waals surface area contributed by atoms with Gasteiger partial charge in [0, 0.05) is 11.8 Å². The summed E-state index contributed by atoms with van der Waals surface area (Å²) in [5.41, 5.74) is 2.02. The minimum atomic E-state index is -0.558. The van der Waals surface area contributed by atoms with Crippen molar-refractivity contribution in [3.8, 4) is 11.5 Å². The summed E-state index contributed by atoms with van der Waals surface area (Å²) in [5.74, 6) is 1.45. The Labute approximate surface area is 138 Å². The summed E-state index contributed by atoms with van der Waals surface area (Å²) < 4.78 is 21.1. The predicted molar refractivity (Wildman–Crippen MR) is 87.4 cm³/mol. The fourth-order valence-corrected chi connectivity index (χ4v) is 2.15. The topological polar surface area (TPSA) is 82.8 Å². The number of oxazole rings is 1. The van der Waals surface area contributed by atoms with Crippen LogP contribution in [0.15, 0.2) is 46.9 Å². The Balaban J connectivity index is 1.73. The molecule has 0 spiro atoms. The number of aromatic nitrogens is 1. The maximum absolute atomic E-state index is 11.2. The summed E-state index contributed by atoms with van der Waals surface area (Å²) in [5, 5.41) is 2.56. The number of nitrogens with one attached hydrogen (secondary N) is 1. The molecule has 0 saturated carbocycles. The fraction of sp³-hybridized carbons (Fsp3) is 0.176. The Morgan fingerprint density at radius 2 is 2.00 bits per heavy atom. The van der Waals surface area contributed by atoms with Crippen LogP contribution in [-0.4, -0.2) is 25.3 Å². The maximum atomic E-state index is 11.2. The molecule has 0 saturated heterocycles. The molecule has 7 heteroatoms. The number of rotatable bonds is 5. The first-order valence-corrected chi connectivity index (χ1v) is 7.20. The Bertz CT molecular complexity index is 826. The number of anilines is 1. The molecule has 0 atom stereocenters. The molecule has 24 heavy (non-hydrogen) atoms. The fourth-order valence-electron chi connectivity index (χ4n) is 2.15. The van der Waals surface area contributed by atoms with E-state index in [0.29, 0.717) is 28.7 Å². The van der Waals surface area contributed by atoms with Crippen molar-refractivity contribution in [2.24, 2.45) is 0 Å². The SMILES string of the molecule is COC(=O)Nc1ccc(OCc2nc3ccccc3o2)c(OC)c1. The Kier molecular flexibility index (Phi) is 4.51. The van der Waals surface area contributed by atoms with E-state index < -0.39 is 6.09 Å². The Hall–Kier alpha value is -3.22. The molecule has 0 unspecified atom stereocenters. The van der Waals surface area contributed by atoms with E-state index in [0.717, 1.165) is 5.52 Å². The second-order valence-corrected chi connectivity index (χ2v) is 4.85. The standard InChI is InChI=1S/C17H16N2O5/c1-21-15-9-11(18-17(20)22-2)7-8-14(15)23-10-16-19-12-5-3-4-6-13(12)24-16/h3-9H,10H2,1-2H3,(H,18,20). The number of carbonyl (C=O) groups excluding carboxylic acids is 1. The number of fused-ring (bicyclic) bond motifs is 1. The molecule has 0 radical (unpaired) electrons. The minimum absolute atomic E-state index is 0.162. The van der Waals surface area contributed by atoms with Gasteiger partial charge in [0.2, 0.25) is 5.89 Å². The lowest BCUT2D eigenvalue weighted by Crippen LogP contribution is -2.11. The van der Waals surface area contributed by atoms with Crippen molar-refractivity contribution in [3.05, 3.63) is 48.4 Å². The molecule has 1 heterocycles. The number of ether oxygens (including phenoxy) is 3. The van der Waals surface area contributed by atoms with Gasteiger partial charge in [0.05, 0.1) is 14.2 Å². The van der Waals surface area contributed by atoms with Crippen LogP contribution in [0.2, 0.25) is 0 Å². The van der Waals surface area contributed by atoms with Crippen molar-refractivity contribution in [1.82, 2.24) is 4.98 Å². The summed E-state index contributed by atoms with van der Waals surface area (Å²) in [6.45, 7) is 0.162. The predicted octanol–water partition coefficient (Wildman–Crippen LogP) is 3.59. The monoisotopic (exact) mass is 328 g/mol. The van der Waals surface area contributed by atoms with Gasteiger partial charge < -0.3 is 18.6 Å². The van der Waals surface area contributed by atoms with Gasteiger partial charge in [-0.2, -0.15) is 0 Å². The van der Waals surface area contributed by atoms with Crippen LogP contribution in [-0.2, 0) is 11.3 Å². The number of benzene rings is 2. The molecule has 3 rings (SSSR count). The van der Waals surface area contributed by atoms with Crippen LogP contribution in [0.1, 0.15) is 5.89 Å². The quantitative estimate of drug-likeness (QED) is 0.770. The summed E-state index contributed by atoms with van der Waals surface area (Å²) in [6.07, 6.45) is -0.558. The van der Waals surface area contributed by atoms with Gasteiger partial charge in [-0.1, -0.05) is 12.1 Å². The smallest absolute Gasteiger partial charge is 0.411 e. The number of para-hydroxylation sites is 2. The van der Waals surface area contributed by atoms with Crippen LogP contribution in [0.25, 0.3) is 11.1 Å². The summed E-state index contributed by atoms with van der Waals surface area (Å²) in [6, 6.07) is 12.5. The zero-order valence-corrected chi connectivity index (χ0v) is 13.2. The molecular formula is C17H16N2O5. The van der Waals surface area contributed by atoms with Crippen molar-refractivity contribution < 1.29 is 23.4 Å². The third-order valence-electron chi connectivity index (χ3n) is 3.28. The molecule has 1 aromatic heterocycles. The van der Waals surface area contributed by atoms with E-state index in [2.05, 4.69) is 15.0 Å². The second-order valence-electron chi connectivity index (χ2n) is 4.85. The third-order valence-corrected chi connectivity index (χ3v) is 3.28. The van der Waals surface area contributed by atoms with Crippen molar-refractivity contribution in [1.29, 1.82) is 0 Å². The van der Waals surface area contributed by atoms with Crippen LogP contribution >= 0.6 is 0 Å². The summed E-state index contributed by atoms with van der Waals surface area (Å²) in [7, 11) is 2.81. The van der Waals surface area contributed by atoms with Crippen LogP contribution in [0, 0.1) is 0 Å². The van der Waals surface area contributed by atoms with Crippen molar-refractivity contribution >= 4 is 22.9 Å². The molecule has 0 aliphatic carbocycles. The maximum Gasteiger partial charge on any atom is 0.411 e. The van der Waals surface area contributed by atoms with E-state index in [4.69, 9.17) is 13.9 Å². The van der Waals surface area contributed by atoms with Crippen LogP contribution < -0.4 is 14.8 Å². The number of methoxy groups -OCH3 is 2. The molecule has 0 fully saturated rings. The normalized spacial score (nSPS) is 10.4. The molecule has 1 N–H and O–H groups in total. The number of nitrogens with zero attached hydrogens (tertiary/aromatic N) is 1. The highest BCUT2D eigenvalue weighted by atomic mass is 16.5. The minimum Gasteiger partial charge on any atom is -0.493 e. The summed E-state index contributed by atoms with van der Waals surface area (Å²) >= 11 is 0.